The zero-order valence-electron chi connectivity index (χ0n) is 83.6. The Hall–Kier alpha value is -11.8. The van der Waals surface area contributed by atoms with Crippen molar-refractivity contribution in [2.45, 2.75) is 243 Å². The van der Waals surface area contributed by atoms with E-state index in [0.29, 0.717) is 0 Å². The van der Waals surface area contributed by atoms with Crippen molar-refractivity contribution in [3.63, 3.8) is 0 Å². The van der Waals surface area contributed by atoms with Gasteiger partial charge in [-0.2, -0.15) is 0 Å². The summed E-state index contributed by atoms with van der Waals surface area (Å²) >= 11 is 0. The van der Waals surface area contributed by atoms with Crippen molar-refractivity contribution in [3.8, 4) is 44.5 Å². The van der Waals surface area contributed by atoms with Crippen LogP contribution in [0.5, 0.6) is 0 Å². The first-order valence-electron chi connectivity index (χ1n) is 52.6. The second kappa shape index (κ2) is 44.1. The highest BCUT2D eigenvalue weighted by atomic mass is 28.3. The van der Waals surface area contributed by atoms with Crippen molar-refractivity contribution in [2.75, 3.05) is 0 Å². The molecule has 0 amide bonds. The minimum absolute atomic E-state index is 0.287. The van der Waals surface area contributed by atoms with E-state index >= 15 is 0 Å². The summed E-state index contributed by atoms with van der Waals surface area (Å²) in [5.74, 6) is 0. The zero-order chi connectivity index (χ0) is 94.2. The minimum atomic E-state index is -2.45. The van der Waals surface area contributed by atoms with Crippen LogP contribution in [-0.2, 0) is 82.5 Å². The molecule has 3 heterocycles. The van der Waals surface area contributed by atoms with E-state index in [9.17, 15) is 0 Å². The summed E-state index contributed by atoms with van der Waals surface area (Å²) in [4.78, 5) is 0. The van der Waals surface area contributed by atoms with Crippen molar-refractivity contribution in [3.05, 3.63) is 453 Å². The Kier molecular flexibility index (Phi) is 31.1. The molecule has 4 aliphatic rings. The largest absolute Gasteiger partial charge is 0.181 e. The lowest BCUT2D eigenvalue weighted by atomic mass is 9.67. The lowest BCUT2D eigenvalue weighted by Crippen LogP contribution is -2.74. The molecule has 0 N–H and O–H groups in total. The maximum Gasteiger partial charge on any atom is 0.181 e. The van der Waals surface area contributed by atoms with Crippen LogP contribution in [0.3, 0.4) is 0 Å². The molecule has 16 aromatic carbocycles. The van der Waals surface area contributed by atoms with Crippen LogP contribution in [-0.4, -0.2) is 24.2 Å². The predicted octanol–water partition coefficient (Wildman–Crippen LogP) is 26.6. The second-order valence-corrected chi connectivity index (χ2v) is 50.0. The molecule has 136 heavy (non-hydrogen) atoms. The maximum absolute atomic E-state index is 2.59. The summed E-state index contributed by atoms with van der Waals surface area (Å²) in [5.41, 5.74) is 35.5. The van der Waals surface area contributed by atoms with E-state index < -0.39 is 24.2 Å². The van der Waals surface area contributed by atoms with Crippen LogP contribution in [0, 0.1) is 0 Å². The molecule has 688 valence electrons. The van der Waals surface area contributed by atoms with Gasteiger partial charge >= 0.3 is 0 Å². The van der Waals surface area contributed by atoms with Crippen molar-refractivity contribution in [1.82, 2.24) is 0 Å². The molecule has 0 radical (unpaired) electrons. The fraction of sp³-hybridized carbons (Fsp3) is 0.278. The molecule has 0 aromatic heterocycles. The van der Waals surface area contributed by atoms with Crippen LogP contribution in [0.1, 0.15) is 249 Å². The molecule has 16 aromatic rings. The summed E-state index contributed by atoms with van der Waals surface area (Å²) in [7, 11) is -7.31. The Morgan fingerprint density at radius 3 is 0.890 bits per heavy atom. The normalized spacial score (nSPS) is 13.5. The van der Waals surface area contributed by atoms with Gasteiger partial charge in [0.15, 0.2) is 24.2 Å². The van der Waals surface area contributed by atoms with Gasteiger partial charge in [-0.15, -0.1) is 0 Å². The third-order valence-electron chi connectivity index (χ3n) is 29.9. The lowest BCUT2D eigenvalue weighted by Gasteiger charge is -2.34. The van der Waals surface area contributed by atoms with Gasteiger partial charge in [0.1, 0.15) is 0 Å². The molecule has 0 saturated heterocycles. The molecule has 20 rings (SSSR count). The number of hydrogen-bond donors (Lipinski definition) is 0. The van der Waals surface area contributed by atoms with Crippen molar-refractivity contribution < 1.29 is 0 Å². The monoisotopic (exact) mass is 1830 g/mol. The molecule has 0 fully saturated rings. The first-order chi connectivity index (χ1) is 67.0. The summed E-state index contributed by atoms with van der Waals surface area (Å²) in [6, 6.07) is 141. The summed E-state index contributed by atoms with van der Waals surface area (Å²) in [6.07, 6.45) is 27.7. The SMILES string of the molecule is CCCc1cc(CCC)c2c(c1)-c1cccc(CCC)c1[Si]2(c1ccccc1)c1ccccc1.CCCc1ccc(CCC)c2c1-c1cccc(CCC)c1[Si]2(c1ccccc1)c1ccccc1.CCCc1ccc2c(c1)[Si](c1ccccc1)(c1ccccc1)c1c(CCC)ccc(CCC)c1-2.CCCc1cccc(C2(c3ccccc3)c3ccc(CCC)cc3-c3cc(CCC)ccc32)c1. The summed E-state index contributed by atoms with van der Waals surface area (Å²) in [5, 5.41) is 19.0. The smallest absolute Gasteiger partial charge is 0.0651 e. The number of rotatable bonds is 32. The van der Waals surface area contributed by atoms with Gasteiger partial charge in [-0.1, -0.05) is 524 Å². The average molecular weight is 1830 g/mol. The minimum Gasteiger partial charge on any atom is -0.0651 e. The topological polar surface area (TPSA) is 0 Å². The Morgan fingerprint density at radius 2 is 0.463 bits per heavy atom. The van der Waals surface area contributed by atoms with Crippen LogP contribution in [0.4, 0.5) is 0 Å². The van der Waals surface area contributed by atoms with Gasteiger partial charge in [-0.05, 0) is 273 Å². The standard InChI is InChI=1S/C34H36.3C33H36Si/c1-4-11-25-14-10-17-29(22-25)34(28-15-8-7-9-16-28)32-20-18-26(12-5-2)23-30(32)31-24-27(13-6-3)19-21-33(31)34;1-4-14-25-23-27(16-6-3)33-31(24-25)30-22-13-17-26(15-5-2)32(30)34(33,28-18-9-7-10-19-28)29-20-11-8-12-21-29;1-4-14-25-23-24-27(16-6-3)33-31(25)30-22-13-17-26(15-5-2)32(30)34(33,28-18-9-7-10-19-28)29-20-11-8-12-21-29;1-4-13-25-20-23-30-31(24-25)34(28-16-9-7-10-17-28,29-18-11-8-12-19-29)33-27(15-6-3)22-21-26(14-5-2)32(30)33/h7-10,14-24H,4-6,11-13H2,1-3H3;2*7-13,17-24H,4-6,14-16H2,1-3H3;7-12,16-24H,4-6,13-15H2,1-3H3. The second-order valence-electron chi connectivity index (χ2n) is 39.0. The van der Waals surface area contributed by atoms with E-state index in [0.717, 1.165) is 83.5 Å². The molecule has 0 nitrogen and oxygen atoms in total. The first-order valence-corrected chi connectivity index (χ1v) is 58.6. The lowest BCUT2D eigenvalue weighted by molar-refractivity contribution is 0.762. The third-order valence-corrected chi connectivity index (χ3v) is 45.0. The number of hydrogen-bond acceptors (Lipinski definition) is 0. The fourth-order valence-corrected chi connectivity index (χ4v) is 42.0. The Labute approximate surface area is 820 Å². The number of aryl methyl sites for hydroxylation is 12. The molecule has 0 bridgehead atoms. The van der Waals surface area contributed by atoms with E-state index in [4.69, 9.17) is 0 Å². The molecule has 3 heteroatoms. The van der Waals surface area contributed by atoms with E-state index in [1.54, 1.807) is 70.1 Å². The summed E-state index contributed by atoms with van der Waals surface area (Å²) in [6.45, 7) is 27.6. The molecule has 1 aliphatic carbocycles. The first kappa shape index (κ1) is 95.9. The van der Waals surface area contributed by atoms with Gasteiger partial charge < -0.3 is 0 Å². The highest BCUT2D eigenvalue weighted by Crippen LogP contribution is 2.57. The molecule has 0 unspecified atom stereocenters. The van der Waals surface area contributed by atoms with Gasteiger partial charge in [-0.25, -0.2) is 0 Å². The van der Waals surface area contributed by atoms with Crippen molar-refractivity contribution >= 4 is 86.5 Å². The molecule has 0 atom stereocenters. The van der Waals surface area contributed by atoms with Gasteiger partial charge in [0.2, 0.25) is 0 Å². The van der Waals surface area contributed by atoms with Crippen molar-refractivity contribution in [1.29, 1.82) is 0 Å². The maximum atomic E-state index is 2.59. The highest BCUT2D eigenvalue weighted by molar-refractivity contribution is 7.24. The molecular formula is C133H144Si3. The molecule has 0 saturated carbocycles. The fourth-order valence-electron chi connectivity index (χ4n) is 24.9. The van der Waals surface area contributed by atoms with Gasteiger partial charge in [0.25, 0.3) is 0 Å². The van der Waals surface area contributed by atoms with Crippen LogP contribution in [0.2, 0.25) is 0 Å². The van der Waals surface area contributed by atoms with Crippen LogP contribution < -0.4 is 62.2 Å². The Bertz CT molecular complexity index is 6550. The van der Waals surface area contributed by atoms with Crippen LogP contribution in [0.25, 0.3) is 44.5 Å². The van der Waals surface area contributed by atoms with E-state index in [1.807, 2.05) is 0 Å². The van der Waals surface area contributed by atoms with E-state index in [-0.39, 0.29) is 5.41 Å². The van der Waals surface area contributed by atoms with E-state index in [2.05, 4.69) is 447 Å². The molecule has 3 aliphatic heterocycles. The van der Waals surface area contributed by atoms with Gasteiger partial charge in [0, 0.05) is 0 Å². The zero-order valence-corrected chi connectivity index (χ0v) is 86.6. The molecule has 0 spiro atoms. The third kappa shape index (κ3) is 17.6. The highest BCUT2D eigenvalue weighted by Gasteiger charge is 2.55. The average Bonchev–Trinajstić information content (AvgIpc) is 1.57. The Balaban J connectivity index is 0.000000126. The van der Waals surface area contributed by atoms with E-state index in [1.165, 1.54) is 196 Å². The molecular weight excluding hydrogens is 1680 g/mol. The van der Waals surface area contributed by atoms with Gasteiger partial charge in [0.05, 0.1) is 5.41 Å². The van der Waals surface area contributed by atoms with Crippen LogP contribution >= 0.6 is 0 Å². The number of benzene rings is 16. The number of fused-ring (bicyclic) bond motifs is 12. The summed E-state index contributed by atoms with van der Waals surface area (Å²) < 4.78 is 0. The Morgan fingerprint density at radius 1 is 0.169 bits per heavy atom. The van der Waals surface area contributed by atoms with Gasteiger partial charge in [-0.3, -0.25) is 0 Å². The van der Waals surface area contributed by atoms with Crippen LogP contribution in [0.15, 0.2) is 364 Å². The quantitative estimate of drug-likeness (QED) is 0.0369. The predicted molar refractivity (Wildman–Crippen MR) is 599 cm³/mol. The van der Waals surface area contributed by atoms with Crippen molar-refractivity contribution in [2.24, 2.45) is 0 Å².